The summed E-state index contributed by atoms with van der Waals surface area (Å²) in [5.41, 5.74) is 0.898. The number of hydrogen-bond acceptors (Lipinski definition) is 8. The van der Waals surface area contributed by atoms with E-state index in [1.165, 1.54) is 0 Å². The van der Waals surface area contributed by atoms with E-state index in [4.69, 9.17) is 9.47 Å². The molecule has 4 amide bonds. The summed E-state index contributed by atoms with van der Waals surface area (Å²) in [5.74, 6) is -2.61. The number of aryl methyl sites for hydroxylation is 1. The number of nitrogens with zero attached hydrogens (tertiary/aromatic N) is 1. The van der Waals surface area contributed by atoms with E-state index in [1.807, 2.05) is 79.4 Å². The zero-order chi connectivity index (χ0) is 36.3. The van der Waals surface area contributed by atoms with Crippen LogP contribution in [0.2, 0.25) is 0 Å². The van der Waals surface area contributed by atoms with Gasteiger partial charge < -0.3 is 30.7 Å². The lowest BCUT2D eigenvalue weighted by Gasteiger charge is -2.29. The molecule has 4 N–H and O–H groups in total. The van der Waals surface area contributed by atoms with E-state index < -0.39 is 47.5 Å². The van der Waals surface area contributed by atoms with Crippen LogP contribution in [0.5, 0.6) is 0 Å². The molecule has 0 saturated carbocycles. The Morgan fingerprint density at radius 2 is 1.26 bits per heavy atom. The predicted octanol–water partition coefficient (Wildman–Crippen LogP) is 1.80. The maximum Gasteiger partial charge on any atom is 0.243 e. The Morgan fingerprint density at radius 3 is 1.82 bits per heavy atom. The third-order valence-electron chi connectivity index (χ3n) is 9.20. The van der Waals surface area contributed by atoms with E-state index in [0.717, 1.165) is 11.1 Å². The number of ketones is 1. The van der Waals surface area contributed by atoms with Crippen molar-refractivity contribution >= 4 is 29.4 Å². The monoisotopic (exact) mass is 691 g/mol. The number of ether oxygens (including phenoxy) is 2. The van der Waals surface area contributed by atoms with Crippen LogP contribution in [-0.2, 0) is 46.3 Å². The van der Waals surface area contributed by atoms with Gasteiger partial charge in [-0.15, -0.1) is 0 Å². The Kier molecular flexibility index (Phi) is 14.1. The van der Waals surface area contributed by atoms with E-state index >= 15 is 0 Å². The van der Waals surface area contributed by atoms with Crippen LogP contribution in [-0.4, -0.2) is 104 Å². The first-order chi connectivity index (χ1) is 23.9. The first-order valence-electron chi connectivity index (χ1n) is 17.6. The smallest absolute Gasteiger partial charge is 0.243 e. The van der Waals surface area contributed by atoms with Gasteiger partial charge in [0.2, 0.25) is 23.6 Å². The standard InChI is InChI=1S/C38H53N5O7/c1-25(2)32(34(45)38(5)24-50-38)41-36(47)30(22-28-14-10-7-11-15-28)40-37(48)33(26(3)4)42-35(46)29(17-16-27-12-8-6-9-13-27)39-31(44)23-43-18-20-49-21-19-43/h6-15,25-26,29-30,32-33H,16-24H2,1-5H3,(H,39,44)(H,40,48)(H,41,47)(H,42,46)/t29-,30-,32?,33-,38+/m0/s1. The van der Waals surface area contributed by atoms with E-state index in [-0.39, 0.29) is 36.5 Å². The molecular weight excluding hydrogens is 638 g/mol. The van der Waals surface area contributed by atoms with Crippen molar-refractivity contribution in [1.82, 2.24) is 26.2 Å². The number of morpholine rings is 1. The predicted molar refractivity (Wildman–Crippen MR) is 189 cm³/mol. The van der Waals surface area contributed by atoms with Crippen molar-refractivity contribution in [3.05, 3.63) is 71.8 Å². The molecule has 4 rings (SSSR count). The maximum absolute atomic E-state index is 13.9. The van der Waals surface area contributed by atoms with E-state index in [1.54, 1.807) is 20.8 Å². The summed E-state index contributed by atoms with van der Waals surface area (Å²) in [7, 11) is 0. The molecule has 2 aromatic rings. The number of Topliss-reactive ketones (excluding diaryl/α,β-unsaturated/α-hetero) is 1. The van der Waals surface area contributed by atoms with Crippen molar-refractivity contribution in [2.45, 2.75) is 83.6 Å². The lowest BCUT2D eigenvalue weighted by molar-refractivity contribution is -0.136. The Balaban J connectivity index is 1.49. The average Bonchev–Trinajstić information content (AvgIpc) is 3.86. The number of carbonyl (C=O) groups is 5. The SMILES string of the molecule is CC(C)C(NC(=O)[C@H](Cc1ccccc1)NC(=O)[C@@H](NC(=O)[C@H](CCc1ccccc1)NC(=O)CN1CCOCC1)C(C)C)C(=O)[C@@]1(C)CO1. The van der Waals surface area contributed by atoms with Gasteiger partial charge in [-0.3, -0.25) is 28.9 Å². The summed E-state index contributed by atoms with van der Waals surface area (Å²) in [5, 5.41) is 11.5. The van der Waals surface area contributed by atoms with Crippen LogP contribution in [0.4, 0.5) is 0 Å². The topological polar surface area (TPSA) is 158 Å². The summed E-state index contributed by atoms with van der Waals surface area (Å²) in [6.45, 7) is 11.8. The second-order valence-electron chi connectivity index (χ2n) is 14.1. The Bertz CT molecular complexity index is 1440. The molecule has 272 valence electrons. The highest BCUT2D eigenvalue weighted by atomic mass is 16.6. The molecule has 0 aromatic heterocycles. The van der Waals surface area contributed by atoms with Crippen LogP contribution in [0.3, 0.4) is 0 Å². The zero-order valence-electron chi connectivity index (χ0n) is 29.9. The van der Waals surface area contributed by atoms with Gasteiger partial charge in [0, 0.05) is 19.5 Å². The number of epoxide rings is 1. The minimum absolute atomic E-state index is 0.133. The first-order valence-corrected chi connectivity index (χ1v) is 17.6. The minimum Gasteiger partial charge on any atom is -0.379 e. The molecular formula is C38H53N5O7. The molecule has 1 unspecified atom stereocenters. The average molecular weight is 692 g/mol. The molecule has 12 nitrogen and oxygen atoms in total. The van der Waals surface area contributed by atoms with Gasteiger partial charge in [0.25, 0.3) is 0 Å². The molecule has 50 heavy (non-hydrogen) atoms. The zero-order valence-corrected chi connectivity index (χ0v) is 29.9. The molecule has 2 saturated heterocycles. The molecule has 0 aliphatic carbocycles. The van der Waals surface area contributed by atoms with Crippen molar-refractivity contribution in [2.75, 3.05) is 39.5 Å². The highest BCUT2D eigenvalue weighted by molar-refractivity contribution is 5.99. The Hall–Kier alpha value is -4.13. The maximum atomic E-state index is 13.9. The van der Waals surface area contributed by atoms with Crippen molar-refractivity contribution in [3.8, 4) is 0 Å². The van der Waals surface area contributed by atoms with Crippen LogP contribution in [0.15, 0.2) is 60.7 Å². The second-order valence-corrected chi connectivity index (χ2v) is 14.1. The Morgan fingerprint density at radius 1 is 0.720 bits per heavy atom. The fourth-order valence-electron chi connectivity index (χ4n) is 5.90. The summed E-state index contributed by atoms with van der Waals surface area (Å²) in [6.07, 6.45) is 1.03. The normalized spacial score (nSPS) is 19.9. The first kappa shape index (κ1) is 38.7. The number of amides is 4. The fraction of sp³-hybridized carbons (Fsp3) is 0.553. The highest BCUT2D eigenvalue weighted by Crippen LogP contribution is 2.30. The fourth-order valence-corrected chi connectivity index (χ4v) is 5.90. The molecule has 5 atom stereocenters. The van der Waals surface area contributed by atoms with Crippen LogP contribution in [0.1, 0.15) is 52.2 Å². The van der Waals surface area contributed by atoms with Gasteiger partial charge >= 0.3 is 0 Å². The highest BCUT2D eigenvalue weighted by Gasteiger charge is 2.51. The summed E-state index contributed by atoms with van der Waals surface area (Å²) in [4.78, 5) is 69.9. The van der Waals surface area contributed by atoms with E-state index in [0.29, 0.717) is 45.8 Å². The van der Waals surface area contributed by atoms with E-state index in [2.05, 4.69) is 21.3 Å². The largest absolute Gasteiger partial charge is 0.379 e. The van der Waals surface area contributed by atoms with Crippen molar-refractivity contribution < 1.29 is 33.4 Å². The van der Waals surface area contributed by atoms with Gasteiger partial charge in [0.15, 0.2) is 5.78 Å². The molecule has 2 aliphatic heterocycles. The van der Waals surface area contributed by atoms with Gasteiger partial charge in [0.1, 0.15) is 23.7 Å². The van der Waals surface area contributed by atoms with Gasteiger partial charge in [-0.05, 0) is 42.7 Å². The molecule has 2 aromatic carbocycles. The van der Waals surface area contributed by atoms with Crippen molar-refractivity contribution in [2.24, 2.45) is 11.8 Å². The second kappa shape index (κ2) is 18.2. The summed E-state index contributed by atoms with van der Waals surface area (Å²) < 4.78 is 10.8. The molecule has 12 heteroatoms. The molecule has 0 radical (unpaired) electrons. The number of hydrogen-bond donors (Lipinski definition) is 4. The van der Waals surface area contributed by atoms with Crippen molar-refractivity contribution in [3.63, 3.8) is 0 Å². The number of benzene rings is 2. The molecule has 2 heterocycles. The number of carbonyl (C=O) groups excluding carboxylic acids is 5. The molecule has 0 spiro atoms. The van der Waals surface area contributed by atoms with Gasteiger partial charge in [-0.25, -0.2) is 0 Å². The van der Waals surface area contributed by atoms with E-state index in [9.17, 15) is 24.0 Å². The quantitative estimate of drug-likeness (QED) is 0.173. The lowest BCUT2D eigenvalue weighted by Crippen LogP contribution is -2.60. The third-order valence-corrected chi connectivity index (χ3v) is 9.20. The van der Waals surface area contributed by atoms with Crippen LogP contribution in [0.25, 0.3) is 0 Å². The van der Waals surface area contributed by atoms with Gasteiger partial charge in [-0.1, -0.05) is 88.4 Å². The van der Waals surface area contributed by atoms with Gasteiger partial charge in [0.05, 0.1) is 32.4 Å². The van der Waals surface area contributed by atoms with Crippen LogP contribution < -0.4 is 21.3 Å². The third kappa shape index (κ3) is 11.5. The Labute approximate surface area is 295 Å². The summed E-state index contributed by atoms with van der Waals surface area (Å²) >= 11 is 0. The molecule has 0 bridgehead atoms. The number of rotatable bonds is 18. The number of nitrogens with one attached hydrogen (secondary N) is 4. The van der Waals surface area contributed by atoms with Crippen LogP contribution in [0, 0.1) is 11.8 Å². The van der Waals surface area contributed by atoms with Crippen molar-refractivity contribution in [1.29, 1.82) is 0 Å². The molecule has 2 fully saturated rings. The van der Waals surface area contributed by atoms with Crippen LogP contribution >= 0.6 is 0 Å². The molecule has 2 aliphatic rings. The lowest BCUT2D eigenvalue weighted by atomic mass is 9.91. The summed E-state index contributed by atoms with van der Waals surface area (Å²) in [6, 6.07) is 15.2. The van der Waals surface area contributed by atoms with Gasteiger partial charge in [-0.2, -0.15) is 0 Å². The minimum atomic E-state index is -1.04.